The molecule has 3 nitrogen and oxygen atoms in total. The number of benzene rings is 3. The van der Waals surface area contributed by atoms with Crippen molar-refractivity contribution in [1.29, 1.82) is 5.26 Å². The number of para-hydroxylation sites is 1. The Morgan fingerprint density at radius 3 is 1.64 bits per heavy atom. The molecule has 0 saturated heterocycles. The normalized spacial score (nSPS) is 10.1. The van der Waals surface area contributed by atoms with E-state index in [0.717, 1.165) is 33.4 Å². The summed E-state index contributed by atoms with van der Waals surface area (Å²) in [4.78, 5) is 11.7. The number of hydrogen-bond acceptors (Lipinski definition) is 3. The monoisotopic (exact) mass is 327 g/mol. The summed E-state index contributed by atoms with van der Waals surface area (Å²) in [5.74, 6) is -0.519. The zero-order chi connectivity index (χ0) is 17.8. The van der Waals surface area contributed by atoms with Gasteiger partial charge in [-0.3, -0.25) is 0 Å². The van der Waals surface area contributed by atoms with E-state index in [9.17, 15) is 4.79 Å². The minimum Gasteiger partial charge on any atom is -0.414 e. The predicted octanol–water partition coefficient (Wildman–Crippen LogP) is 5.07. The molecule has 0 aliphatic heterocycles. The summed E-state index contributed by atoms with van der Waals surface area (Å²) in [7, 11) is 0. The van der Waals surface area contributed by atoms with Gasteiger partial charge >= 0.3 is 5.97 Å². The minimum absolute atomic E-state index is 0.404. The lowest BCUT2D eigenvalue weighted by atomic mass is 9.96. The van der Waals surface area contributed by atoms with E-state index in [0.29, 0.717) is 5.75 Å². The fourth-order valence-electron chi connectivity index (χ4n) is 2.68. The van der Waals surface area contributed by atoms with Gasteiger partial charge in [0.05, 0.1) is 0 Å². The van der Waals surface area contributed by atoms with E-state index in [1.54, 1.807) is 0 Å². The zero-order valence-electron chi connectivity index (χ0n) is 14.1. The predicted molar refractivity (Wildman–Crippen MR) is 98.0 cm³/mol. The largest absolute Gasteiger partial charge is 0.416 e. The van der Waals surface area contributed by atoms with Crippen LogP contribution in [0, 0.1) is 25.2 Å². The lowest BCUT2D eigenvalue weighted by Gasteiger charge is -2.14. The molecule has 122 valence electrons. The lowest BCUT2D eigenvalue weighted by Crippen LogP contribution is -2.06. The highest BCUT2D eigenvalue weighted by Crippen LogP contribution is 2.39. The summed E-state index contributed by atoms with van der Waals surface area (Å²) in [5.41, 5.74) is 5.71. The van der Waals surface area contributed by atoms with Gasteiger partial charge in [-0.15, -0.1) is 0 Å². The second kappa shape index (κ2) is 7.02. The van der Waals surface area contributed by atoms with Gasteiger partial charge < -0.3 is 4.74 Å². The molecule has 0 amide bonds. The third kappa shape index (κ3) is 3.59. The summed E-state index contributed by atoms with van der Waals surface area (Å²) in [5, 5.41) is 8.87. The van der Waals surface area contributed by atoms with Crippen LogP contribution in [0.25, 0.3) is 22.3 Å². The van der Waals surface area contributed by atoms with Crippen molar-refractivity contribution in [3.8, 4) is 34.1 Å². The molecule has 3 aromatic carbocycles. The van der Waals surface area contributed by atoms with E-state index < -0.39 is 5.97 Å². The van der Waals surface area contributed by atoms with Crippen molar-refractivity contribution >= 4 is 5.97 Å². The van der Waals surface area contributed by atoms with Gasteiger partial charge in [0, 0.05) is 11.1 Å². The van der Waals surface area contributed by atoms with Gasteiger partial charge in [0.1, 0.15) is 5.75 Å². The van der Waals surface area contributed by atoms with Crippen molar-refractivity contribution in [2.75, 3.05) is 0 Å². The maximum Gasteiger partial charge on any atom is 0.416 e. The van der Waals surface area contributed by atoms with Crippen molar-refractivity contribution in [2.24, 2.45) is 0 Å². The fraction of sp³-hybridized carbons (Fsp3) is 0.0909. The van der Waals surface area contributed by atoms with Crippen LogP contribution in [0.15, 0.2) is 66.7 Å². The number of nitriles is 1. The van der Waals surface area contributed by atoms with Crippen molar-refractivity contribution in [1.82, 2.24) is 0 Å². The Kier molecular flexibility index (Phi) is 4.63. The highest BCUT2D eigenvalue weighted by atomic mass is 16.5. The van der Waals surface area contributed by atoms with Crippen LogP contribution in [0.1, 0.15) is 11.1 Å². The number of hydrogen-bond donors (Lipinski definition) is 0. The summed E-state index contributed by atoms with van der Waals surface area (Å²) in [6.45, 7) is 4.03. The molecule has 0 heterocycles. The molecule has 0 aliphatic rings. The van der Waals surface area contributed by atoms with Gasteiger partial charge in [0.2, 0.25) is 0 Å². The summed E-state index contributed by atoms with van der Waals surface area (Å²) < 4.78 is 5.40. The highest BCUT2D eigenvalue weighted by Gasteiger charge is 2.16. The van der Waals surface area contributed by atoms with E-state index >= 15 is 0 Å². The van der Waals surface area contributed by atoms with Crippen LogP contribution < -0.4 is 4.74 Å². The lowest BCUT2D eigenvalue weighted by molar-refractivity contribution is -0.128. The Hall–Kier alpha value is -3.38. The van der Waals surface area contributed by atoms with Crippen LogP contribution in [0.2, 0.25) is 0 Å². The molecule has 0 fully saturated rings. The van der Waals surface area contributed by atoms with Crippen LogP contribution in [0.3, 0.4) is 0 Å². The second-order valence-corrected chi connectivity index (χ2v) is 5.92. The smallest absolute Gasteiger partial charge is 0.414 e. The number of carbonyl (C=O) groups is 1. The molecule has 3 aromatic rings. The molecular weight excluding hydrogens is 310 g/mol. The van der Waals surface area contributed by atoms with Crippen molar-refractivity contribution in [3.63, 3.8) is 0 Å². The number of aryl methyl sites for hydroxylation is 2. The summed E-state index contributed by atoms with van der Waals surface area (Å²) in [6.07, 6.45) is 0. The van der Waals surface area contributed by atoms with Gasteiger partial charge in [0.25, 0.3) is 0 Å². The molecule has 0 radical (unpaired) electrons. The Bertz CT molecular complexity index is 885. The number of esters is 1. The first-order valence-electron chi connectivity index (χ1n) is 7.97. The average Bonchev–Trinajstić information content (AvgIpc) is 2.63. The maximum atomic E-state index is 11.7. The SMILES string of the molecule is Cc1ccc(-c2cccc(-c3ccc(C)cc3)c2OC(=O)C#N)cc1. The zero-order valence-corrected chi connectivity index (χ0v) is 14.1. The van der Waals surface area contributed by atoms with E-state index in [-0.39, 0.29) is 0 Å². The average molecular weight is 327 g/mol. The standard InChI is InChI=1S/C22H17NO2/c1-15-6-10-17(11-7-15)19-4-3-5-20(22(19)25-21(24)14-23)18-12-8-16(2)9-13-18/h3-13H,1-2H3. The van der Waals surface area contributed by atoms with E-state index in [4.69, 9.17) is 10.00 Å². The van der Waals surface area contributed by atoms with E-state index in [1.807, 2.05) is 80.6 Å². The second-order valence-electron chi connectivity index (χ2n) is 5.92. The molecule has 3 rings (SSSR count). The van der Waals surface area contributed by atoms with Crippen molar-refractivity contribution < 1.29 is 9.53 Å². The van der Waals surface area contributed by atoms with Crippen molar-refractivity contribution in [3.05, 3.63) is 77.9 Å². The Labute approximate surface area is 147 Å². The summed E-state index contributed by atoms with van der Waals surface area (Å²) >= 11 is 0. The molecule has 0 bridgehead atoms. The van der Waals surface area contributed by atoms with Crippen LogP contribution >= 0.6 is 0 Å². The molecule has 0 atom stereocenters. The third-order valence-corrected chi connectivity index (χ3v) is 4.03. The van der Waals surface area contributed by atoms with Crippen LogP contribution in [-0.2, 0) is 4.79 Å². The first kappa shape index (κ1) is 16.5. The molecule has 0 saturated carbocycles. The molecule has 0 unspecified atom stereocenters. The first-order chi connectivity index (χ1) is 12.1. The molecule has 0 aromatic heterocycles. The van der Waals surface area contributed by atoms with Gasteiger partial charge in [-0.05, 0) is 25.0 Å². The van der Waals surface area contributed by atoms with Gasteiger partial charge in [0.15, 0.2) is 6.07 Å². The minimum atomic E-state index is -0.923. The first-order valence-corrected chi connectivity index (χ1v) is 7.97. The fourth-order valence-corrected chi connectivity index (χ4v) is 2.68. The van der Waals surface area contributed by atoms with E-state index in [2.05, 4.69) is 0 Å². The number of nitrogens with zero attached hydrogens (tertiary/aromatic N) is 1. The Balaban J connectivity index is 2.19. The molecule has 0 aliphatic carbocycles. The topological polar surface area (TPSA) is 50.1 Å². The molecule has 0 spiro atoms. The molecule has 3 heteroatoms. The summed E-state index contributed by atoms with van der Waals surface area (Å²) in [6, 6.07) is 23.2. The molecule has 0 N–H and O–H groups in total. The van der Waals surface area contributed by atoms with E-state index in [1.165, 1.54) is 6.07 Å². The van der Waals surface area contributed by atoms with Gasteiger partial charge in [-0.1, -0.05) is 77.9 Å². The van der Waals surface area contributed by atoms with Gasteiger partial charge in [-0.25, -0.2) is 4.79 Å². The van der Waals surface area contributed by atoms with Crippen LogP contribution in [0.4, 0.5) is 0 Å². The number of carbonyl (C=O) groups excluding carboxylic acids is 1. The maximum absolute atomic E-state index is 11.7. The van der Waals surface area contributed by atoms with Crippen LogP contribution in [0.5, 0.6) is 5.75 Å². The number of ether oxygens (including phenoxy) is 1. The van der Waals surface area contributed by atoms with Gasteiger partial charge in [-0.2, -0.15) is 5.26 Å². The quantitative estimate of drug-likeness (QED) is 0.383. The van der Waals surface area contributed by atoms with Crippen LogP contribution in [-0.4, -0.2) is 5.97 Å². The Morgan fingerprint density at radius 1 is 0.800 bits per heavy atom. The van der Waals surface area contributed by atoms with Crippen molar-refractivity contribution in [2.45, 2.75) is 13.8 Å². The molecule has 25 heavy (non-hydrogen) atoms. The third-order valence-electron chi connectivity index (χ3n) is 4.03. The molecular formula is C22H17NO2. The highest BCUT2D eigenvalue weighted by molar-refractivity contribution is 5.92. The Morgan fingerprint density at radius 2 is 1.24 bits per heavy atom. The number of rotatable bonds is 3.